The van der Waals surface area contributed by atoms with Gasteiger partial charge in [0.25, 0.3) is 0 Å². The lowest BCUT2D eigenvalue weighted by Crippen LogP contribution is -2.29. The Morgan fingerprint density at radius 3 is 2.60 bits per heavy atom. The Labute approximate surface area is 126 Å². The number of methoxy groups -OCH3 is 1. The smallest absolute Gasteiger partial charge is 0.125 e. The van der Waals surface area contributed by atoms with Crippen molar-refractivity contribution in [3.05, 3.63) is 63.4 Å². The molecule has 2 aromatic carbocycles. The summed E-state index contributed by atoms with van der Waals surface area (Å²) in [6.45, 7) is 1.92. The predicted octanol–water partition coefficient (Wildman–Crippen LogP) is 3.46. The lowest BCUT2D eigenvalue weighted by atomic mass is 9.94. The molecule has 0 heterocycles. The lowest BCUT2D eigenvalue weighted by Gasteiger charge is -2.21. The number of hydrogen-bond acceptors (Lipinski definition) is 3. The van der Waals surface area contributed by atoms with Crippen LogP contribution in [-0.4, -0.2) is 7.11 Å². The molecule has 0 radical (unpaired) electrons. The average molecular weight is 339 g/mol. The van der Waals surface area contributed by atoms with E-state index < -0.39 is 0 Å². The van der Waals surface area contributed by atoms with Crippen molar-refractivity contribution in [2.45, 2.75) is 13.0 Å². The molecule has 1 unspecified atom stereocenters. The molecule has 0 amide bonds. The van der Waals surface area contributed by atoms with Gasteiger partial charge in [-0.3, -0.25) is 5.84 Å². The number of halogens is 2. The van der Waals surface area contributed by atoms with E-state index in [2.05, 4.69) is 21.4 Å². The van der Waals surface area contributed by atoms with Crippen LogP contribution in [0.5, 0.6) is 5.75 Å². The summed E-state index contributed by atoms with van der Waals surface area (Å²) in [6, 6.07) is 9.98. The van der Waals surface area contributed by atoms with Gasteiger partial charge in [0, 0.05) is 10.0 Å². The quantitative estimate of drug-likeness (QED) is 0.663. The van der Waals surface area contributed by atoms with Crippen molar-refractivity contribution >= 4 is 15.9 Å². The molecule has 0 aliphatic carbocycles. The second-order valence-electron chi connectivity index (χ2n) is 4.49. The third-order valence-electron chi connectivity index (χ3n) is 3.23. The number of ether oxygens (including phenoxy) is 1. The van der Waals surface area contributed by atoms with Gasteiger partial charge in [-0.15, -0.1) is 0 Å². The van der Waals surface area contributed by atoms with Crippen LogP contribution in [0.1, 0.15) is 22.7 Å². The summed E-state index contributed by atoms with van der Waals surface area (Å²) in [7, 11) is 1.59. The van der Waals surface area contributed by atoms with E-state index in [4.69, 9.17) is 10.6 Å². The van der Waals surface area contributed by atoms with Crippen LogP contribution >= 0.6 is 15.9 Å². The Bertz CT molecular complexity index is 619. The van der Waals surface area contributed by atoms with Crippen molar-refractivity contribution in [2.24, 2.45) is 5.84 Å². The number of rotatable bonds is 4. The van der Waals surface area contributed by atoms with Gasteiger partial charge in [0.1, 0.15) is 11.6 Å². The SMILES string of the molecule is COc1cc(Br)ccc1C(NN)c1cc(F)ccc1C. The molecule has 0 bridgehead atoms. The van der Waals surface area contributed by atoms with Crippen molar-refractivity contribution in [2.75, 3.05) is 7.11 Å². The Balaban J connectivity index is 2.55. The Morgan fingerprint density at radius 1 is 1.20 bits per heavy atom. The second kappa shape index (κ2) is 6.35. The molecule has 0 aromatic heterocycles. The average Bonchev–Trinajstić information content (AvgIpc) is 2.44. The van der Waals surface area contributed by atoms with Crippen molar-refractivity contribution < 1.29 is 9.13 Å². The molecule has 20 heavy (non-hydrogen) atoms. The summed E-state index contributed by atoms with van der Waals surface area (Å²) < 4.78 is 19.8. The summed E-state index contributed by atoms with van der Waals surface area (Å²) in [5.41, 5.74) is 5.33. The van der Waals surface area contributed by atoms with Gasteiger partial charge in [-0.1, -0.05) is 28.1 Å². The van der Waals surface area contributed by atoms with Gasteiger partial charge in [-0.2, -0.15) is 0 Å². The fourth-order valence-electron chi connectivity index (χ4n) is 2.19. The van der Waals surface area contributed by atoms with Crippen LogP contribution in [0.3, 0.4) is 0 Å². The lowest BCUT2D eigenvalue weighted by molar-refractivity contribution is 0.404. The molecule has 5 heteroatoms. The summed E-state index contributed by atoms with van der Waals surface area (Å²) in [6.07, 6.45) is 0. The first-order valence-electron chi connectivity index (χ1n) is 6.12. The van der Waals surface area contributed by atoms with Crippen molar-refractivity contribution in [3.63, 3.8) is 0 Å². The van der Waals surface area contributed by atoms with Crippen LogP contribution in [-0.2, 0) is 0 Å². The van der Waals surface area contributed by atoms with E-state index in [0.717, 1.165) is 21.2 Å². The fraction of sp³-hybridized carbons (Fsp3) is 0.200. The van der Waals surface area contributed by atoms with Gasteiger partial charge >= 0.3 is 0 Å². The summed E-state index contributed by atoms with van der Waals surface area (Å²) in [4.78, 5) is 0. The first kappa shape index (κ1) is 15.0. The second-order valence-corrected chi connectivity index (χ2v) is 5.40. The minimum absolute atomic E-state index is 0.290. The van der Waals surface area contributed by atoms with E-state index in [1.54, 1.807) is 13.2 Å². The molecule has 0 saturated carbocycles. The third kappa shape index (κ3) is 3.00. The highest BCUT2D eigenvalue weighted by Crippen LogP contribution is 2.33. The standard InChI is InChI=1S/C15H16BrFN2O/c1-9-3-5-11(17)8-13(9)15(19-18)12-6-4-10(16)7-14(12)20-2/h3-8,15,19H,18H2,1-2H3. The van der Waals surface area contributed by atoms with Crippen LogP contribution in [0.15, 0.2) is 40.9 Å². The van der Waals surface area contributed by atoms with Crippen LogP contribution < -0.4 is 16.0 Å². The van der Waals surface area contributed by atoms with E-state index in [0.29, 0.717) is 5.75 Å². The number of benzene rings is 2. The zero-order valence-corrected chi connectivity index (χ0v) is 12.9. The Hall–Kier alpha value is -1.43. The van der Waals surface area contributed by atoms with E-state index >= 15 is 0 Å². The molecule has 0 aliphatic rings. The highest BCUT2D eigenvalue weighted by atomic mass is 79.9. The first-order valence-corrected chi connectivity index (χ1v) is 6.91. The van der Waals surface area contributed by atoms with Crippen LogP contribution in [0.4, 0.5) is 4.39 Å². The van der Waals surface area contributed by atoms with Crippen molar-refractivity contribution in [1.82, 2.24) is 5.43 Å². The van der Waals surface area contributed by atoms with Gasteiger partial charge in [-0.25, -0.2) is 9.82 Å². The normalized spacial score (nSPS) is 12.2. The summed E-state index contributed by atoms with van der Waals surface area (Å²) in [5.74, 6) is 6.07. The van der Waals surface area contributed by atoms with Gasteiger partial charge < -0.3 is 4.74 Å². The number of hydrazine groups is 1. The zero-order chi connectivity index (χ0) is 14.7. The number of aryl methyl sites for hydroxylation is 1. The number of nitrogens with two attached hydrogens (primary N) is 1. The molecule has 1 atom stereocenters. The monoisotopic (exact) mass is 338 g/mol. The first-order chi connectivity index (χ1) is 9.56. The summed E-state index contributed by atoms with van der Waals surface area (Å²) in [5, 5.41) is 0. The third-order valence-corrected chi connectivity index (χ3v) is 3.72. The minimum Gasteiger partial charge on any atom is -0.496 e. The number of nitrogens with one attached hydrogen (secondary N) is 1. The Kier molecular flexibility index (Phi) is 4.75. The maximum Gasteiger partial charge on any atom is 0.125 e. The van der Waals surface area contributed by atoms with Gasteiger partial charge in [0.2, 0.25) is 0 Å². The molecule has 3 nitrogen and oxygen atoms in total. The topological polar surface area (TPSA) is 47.3 Å². The van der Waals surface area contributed by atoms with Crippen LogP contribution in [0, 0.1) is 12.7 Å². The van der Waals surface area contributed by atoms with Crippen molar-refractivity contribution in [3.8, 4) is 5.75 Å². The molecule has 0 aliphatic heterocycles. The molecular formula is C15H16BrFN2O. The van der Waals surface area contributed by atoms with Crippen LogP contribution in [0.2, 0.25) is 0 Å². The predicted molar refractivity (Wildman–Crippen MR) is 81.0 cm³/mol. The molecule has 106 valence electrons. The largest absolute Gasteiger partial charge is 0.496 e. The molecule has 2 aromatic rings. The van der Waals surface area contributed by atoms with E-state index in [9.17, 15) is 4.39 Å². The van der Waals surface area contributed by atoms with E-state index in [-0.39, 0.29) is 11.9 Å². The Morgan fingerprint density at radius 2 is 1.95 bits per heavy atom. The van der Waals surface area contributed by atoms with E-state index in [1.807, 2.05) is 25.1 Å². The van der Waals surface area contributed by atoms with Crippen LogP contribution in [0.25, 0.3) is 0 Å². The maximum atomic E-state index is 13.5. The van der Waals surface area contributed by atoms with Gasteiger partial charge in [-0.05, 0) is 42.3 Å². The molecule has 0 saturated heterocycles. The molecule has 2 rings (SSSR count). The molecule has 3 N–H and O–H groups in total. The van der Waals surface area contributed by atoms with E-state index in [1.165, 1.54) is 12.1 Å². The molecule has 0 spiro atoms. The highest BCUT2D eigenvalue weighted by Gasteiger charge is 2.19. The maximum absolute atomic E-state index is 13.5. The highest BCUT2D eigenvalue weighted by molar-refractivity contribution is 9.10. The fourth-order valence-corrected chi connectivity index (χ4v) is 2.53. The number of hydrogen-bond donors (Lipinski definition) is 2. The van der Waals surface area contributed by atoms with Crippen molar-refractivity contribution in [1.29, 1.82) is 0 Å². The summed E-state index contributed by atoms with van der Waals surface area (Å²) >= 11 is 3.40. The van der Waals surface area contributed by atoms with Gasteiger partial charge in [0.15, 0.2) is 0 Å². The molecule has 0 fully saturated rings. The van der Waals surface area contributed by atoms with Gasteiger partial charge in [0.05, 0.1) is 13.2 Å². The minimum atomic E-state index is -0.339. The molecular weight excluding hydrogens is 323 g/mol. The zero-order valence-electron chi connectivity index (χ0n) is 11.3.